The van der Waals surface area contributed by atoms with Gasteiger partial charge in [-0.15, -0.1) is 0 Å². The van der Waals surface area contributed by atoms with Crippen molar-refractivity contribution >= 4 is 22.9 Å². The maximum atomic E-state index is 12.7. The fourth-order valence-corrected chi connectivity index (χ4v) is 3.88. The van der Waals surface area contributed by atoms with E-state index in [0.29, 0.717) is 26.2 Å². The number of piperazine rings is 1. The van der Waals surface area contributed by atoms with Crippen molar-refractivity contribution in [3.8, 4) is 11.8 Å². The molecule has 0 radical (unpaired) electrons. The van der Waals surface area contributed by atoms with Crippen molar-refractivity contribution in [1.82, 2.24) is 14.8 Å². The van der Waals surface area contributed by atoms with Gasteiger partial charge in [0.1, 0.15) is 11.8 Å². The Morgan fingerprint density at radius 2 is 1.84 bits per heavy atom. The monoisotopic (exact) mass is 412 g/mol. The van der Waals surface area contributed by atoms with Crippen LogP contribution in [0.2, 0.25) is 0 Å². The number of hydrogen-bond acceptors (Lipinski definition) is 5. The molecule has 1 aliphatic heterocycles. The Morgan fingerprint density at radius 3 is 2.55 bits per heavy atom. The van der Waals surface area contributed by atoms with Crippen molar-refractivity contribution in [1.29, 1.82) is 5.26 Å². The SMILES string of the molecule is COc1ccc(C(C#N)N2CCN(C(=O)/C=C/c3cccc4cccnc34)CC2)cc1. The highest BCUT2D eigenvalue weighted by atomic mass is 16.5. The number of methoxy groups -OCH3 is 1. The second kappa shape index (κ2) is 9.41. The standard InChI is InChI=1S/C25H24N4O2/c1-31-22-10-7-19(8-11-22)23(18-26)28-14-16-29(17-15-28)24(30)12-9-21-5-2-4-20-6-3-13-27-25(20)21/h2-13,23H,14-17H2,1H3/b12-9+. The van der Waals surface area contributed by atoms with Crippen molar-refractivity contribution in [2.75, 3.05) is 33.3 Å². The van der Waals surface area contributed by atoms with Crippen LogP contribution in [0.3, 0.4) is 0 Å². The van der Waals surface area contributed by atoms with Crippen LogP contribution in [0.1, 0.15) is 17.2 Å². The van der Waals surface area contributed by atoms with E-state index in [1.165, 1.54) is 0 Å². The Morgan fingerprint density at radius 1 is 1.10 bits per heavy atom. The molecule has 3 aromatic rings. The van der Waals surface area contributed by atoms with Crippen molar-refractivity contribution in [2.45, 2.75) is 6.04 Å². The van der Waals surface area contributed by atoms with Gasteiger partial charge in [-0.25, -0.2) is 0 Å². The highest BCUT2D eigenvalue weighted by molar-refractivity contribution is 5.95. The van der Waals surface area contributed by atoms with Crippen LogP contribution in [0.25, 0.3) is 17.0 Å². The Kier molecular flexibility index (Phi) is 6.25. The quantitative estimate of drug-likeness (QED) is 0.598. The molecule has 4 rings (SSSR count). The third-order valence-corrected chi connectivity index (χ3v) is 5.61. The van der Waals surface area contributed by atoms with Crippen LogP contribution in [0, 0.1) is 11.3 Å². The zero-order valence-electron chi connectivity index (χ0n) is 17.4. The van der Waals surface area contributed by atoms with E-state index in [2.05, 4.69) is 16.0 Å². The van der Waals surface area contributed by atoms with Crippen molar-refractivity contribution in [2.24, 2.45) is 0 Å². The molecule has 1 aromatic heterocycles. The second-order valence-corrected chi connectivity index (χ2v) is 7.42. The Balaban J connectivity index is 1.39. The molecule has 0 N–H and O–H groups in total. The number of rotatable bonds is 5. The predicted molar refractivity (Wildman–Crippen MR) is 120 cm³/mol. The average Bonchev–Trinajstić information content (AvgIpc) is 2.84. The molecule has 1 unspecified atom stereocenters. The van der Waals surface area contributed by atoms with E-state index < -0.39 is 0 Å². The summed E-state index contributed by atoms with van der Waals surface area (Å²) in [6, 6.07) is 19.5. The summed E-state index contributed by atoms with van der Waals surface area (Å²) in [6.45, 7) is 2.48. The molecule has 0 spiro atoms. The number of nitriles is 1. The highest BCUT2D eigenvalue weighted by Gasteiger charge is 2.26. The normalized spacial score (nSPS) is 15.7. The van der Waals surface area contributed by atoms with Crippen LogP contribution in [0.5, 0.6) is 5.75 Å². The minimum atomic E-state index is -0.333. The Hall–Kier alpha value is -3.69. The van der Waals surface area contributed by atoms with Crippen LogP contribution < -0.4 is 4.74 Å². The largest absolute Gasteiger partial charge is 0.497 e. The van der Waals surface area contributed by atoms with Gasteiger partial charge in [0.15, 0.2) is 0 Å². The number of amides is 1. The zero-order chi connectivity index (χ0) is 21.6. The van der Waals surface area contributed by atoms with Crippen molar-refractivity contribution in [3.63, 3.8) is 0 Å². The molecule has 6 nitrogen and oxygen atoms in total. The molecule has 2 aromatic carbocycles. The first-order valence-electron chi connectivity index (χ1n) is 10.3. The topological polar surface area (TPSA) is 69.5 Å². The van der Waals surface area contributed by atoms with Gasteiger partial charge < -0.3 is 9.64 Å². The summed E-state index contributed by atoms with van der Waals surface area (Å²) in [7, 11) is 1.62. The highest BCUT2D eigenvalue weighted by Crippen LogP contribution is 2.24. The maximum absolute atomic E-state index is 12.7. The molecule has 6 heteroatoms. The molecule has 2 heterocycles. The van der Waals surface area contributed by atoms with Crippen molar-refractivity contribution < 1.29 is 9.53 Å². The fraction of sp³-hybridized carbons (Fsp3) is 0.240. The van der Waals surface area contributed by atoms with Gasteiger partial charge in [0.2, 0.25) is 5.91 Å². The lowest BCUT2D eigenvalue weighted by molar-refractivity contribution is -0.127. The summed E-state index contributed by atoms with van der Waals surface area (Å²) >= 11 is 0. The predicted octanol–water partition coefficient (Wildman–Crippen LogP) is 3.67. The number of fused-ring (bicyclic) bond motifs is 1. The molecule has 0 bridgehead atoms. The Bertz CT molecular complexity index is 1120. The summed E-state index contributed by atoms with van der Waals surface area (Å²) in [4.78, 5) is 21.1. The van der Waals surface area contributed by atoms with Gasteiger partial charge in [-0.2, -0.15) is 5.26 Å². The first-order valence-corrected chi connectivity index (χ1v) is 10.3. The average molecular weight is 412 g/mol. The van der Waals surface area contributed by atoms with Crippen LogP contribution in [0.4, 0.5) is 0 Å². The lowest BCUT2D eigenvalue weighted by Crippen LogP contribution is -2.49. The summed E-state index contributed by atoms with van der Waals surface area (Å²) in [5, 5.41) is 10.8. The maximum Gasteiger partial charge on any atom is 0.246 e. The lowest BCUT2D eigenvalue weighted by atomic mass is 10.1. The van der Waals surface area contributed by atoms with Gasteiger partial charge in [0.05, 0.1) is 18.7 Å². The van der Waals surface area contributed by atoms with E-state index in [1.54, 1.807) is 19.4 Å². The van der Waals surface area contributed by atoms with Crippen molar-refractivity contribution in [3.05, 3.63) is 78.0 Å². The number of nitrogens with zero attached hydrogens (tertiary/aromatic N) is 4. The van der Waals surface area contributed by atoms with Crippen LogP contribution >= 0.6 is 0 Å². The number of carbonyl (C=O) groups excluding carboxylic acids is 1. The molecule has 1 atom stereocenters. The summed E-state index contributed by atoms with van der Waals surface area (Å²) < 4.78 is 5.20. The van der Waals surface area contributed by atoms with Crippen LogP contribution in [-0.4, -0.2) is 54.0 Å². The minimum absolute atomic E-state index is 0.0226. The summed E-state index contributed by atoms with van der Waals surface area (Å²) in [5.41, 5.74) is 2.75. The van der Waals surface area contributed by atoms with E-state index in [9.17, 15) is 10.1 Å². The molecular weight excluding hydrogens is 388 g/mol. The minimum Gasteiger partial charge on any atom is -0.497 e. The van der Waals surface area contributed by atoms with Crippen LogP contribution in [0.15, 0.2) is 66.9 Å². The van der Waals surface area contributed by atoms with E-state index in [-0.39, 0.29) is 11.9 Å². The van der Waals surface area contributed by atoms with E-state index >= 15 is 0 Å². The molecule has 1 aliphatic rings. The number of aromatic nitrogens is 1. The first-order chi connectivity index (χ1) is 15.2. The molecular formula is C25H24N4O2. The smallest absolute Gasteiger partial charge is 0.246 e. The number of pyridine rings is 1. The summed E-state index contributed by atoms with van der Waals surface area (Å²) in [6.07, 6.45) is 5.21. The number of carbonyl (C=O) groups is 1. The van der Waals surface area contributed by atoms with Gasteiger partial charge >= 0.3 is 0 Å². The number of benzene rings is 2. The van der Waals surface area contributed by atoms with E-state index in [0.717, 1.165) is 27.8 Å². The van der Waals surface area contributed by atoms with Gasteiger partial charge in [-0.3, -0.25) is 14.7 Å². The fourth-order valence-electron chi connectivity index (χ4n) is 3.88. The van der Waals surface area contributed by atoms with Gasteiger partial charge in [-0.1, -0.05) is 36.4 Å². The molecule has 0 aliphatic carbocycles. The van der Waals surface area contributed by atoms with Gasteiger partial charge in [0, 0.05) is 49.4 Å². The second-order valence-electron chi connectivity index (χ2n) is 7.42. The molecule has 1 amide bonds. The molecule has 156 valence electrons. The first kappa shape index (κ1) is 20.6. The number of para-hydroxylation sites is 1. The van der Waals surface area contributed by atoms with E-state index in [1.807, 2.05) is 65.6 Å². The summed E-state index contributed by atoms with van der Waals surface area (Å²) in [5.74, 6) is 0.745. The molecule has 0 saturated carbocycles. The zero-order valence-corrected chi connectivity index (χ0v) is 17.4. The molecule has 31 heavy (non-hydrogen) atoms. The van der Waals surface area contributed by atoms with Crippen LogP contribution in [-0.2, 0) is 4.79 Å². The van der Waals surface area contributed by atoms with E-state index in [4.69, 9.17) is 4.74 Å². The van der Waals surface area contributed by atoms with Gasteiger partial charge in [0.25, 0.3) is 0 Å². The number of hydrogen-bond donors (Lipinski definition) is 0. The molecule has 1 saturated heterocycles. The third kappa shape index (κ3) is 4.57. The van der Waals surface area contributed by atoms with Gasteiger partial charge in [-0.05, 0) is 29.8 Å². The Labute approximate surface area is 182 Å². The lowest BCUT2D eigenvalue weighted by Gasteiger charge is -2.36. The third-order valence-electron chi connectivity index (χ3n) is 5.61. The molecule has 1 fully saturated rings. The number of ether oxygens (including phenoxy) is 1.